The zero-order valence-electron chi connectivity index (χ0n) is 15.9. The highest BCUT2D eigenvalue weighted by molar-refractivity contribution is 5.82. The molecule has 0 fully saturated rings. The summed E-state index contributed by atoms with van der Waals surface area (Å²) in [4.78, 5) is 23.4. The molecule has 0 bridgehead atoms. The largest absolute Gasteiger partial charge is 0.493 e. The smallest absolute Gasteiger partial charge is 0.416 e. The first-order valence-corrected chi connectivity index (χ1v) is 8.73. The predicted molar refractivity (Wildman–Crippen MR) is 99.3 cm³/mol. The van der Waals surface area contributed by atoms with Crippen molar-refractivity contribution in [3.05, 3.63) is 59.2 Å². The van der Waals surface area contributed by atoms with Gasteiger partial charge in [-0.3, -0.25) is 20.4 Å². The molecule has 0 spiro atoms. The molecule has 0 aliphatic carbocycles. The monoisotopic (exact) mass is 410 g/mol. The van der Waals surface area contributed by atoms with Gasteiger partial charge in [0, 0.05) is 0 Å². The highest BCUT2D eigenvalue weighted by atomic mass is 19.4. The molecule has 2 aromatic carbocycles. The van der Waals surface area contributed by atoms with Crippen LogP contribution in [-0.2, 0) is 15.8 Å². The number of benzene rings is 2. The van der Waals surface area contributed by atoms with Gasteiger partial charge in [-0.2, -0.15) is 13.2 Å². The number of nitrogens with one attached hydrogen (secondary N) is 2. The molecule has 9 heteroatoms. The molecule has 0 heterocycles. The van der Waals surface area contributed by atoms with E-state index in [1.807, 2.05) is 32.0 Å². The Bertz CT molecular complexity index is 869. The molecule has 0 radical (unpaired) electrons. The van der Waals surface area contributed by atoms with Gasteiger partial charge in [0.05, 0.1) is 18.6 Å². The Kier molecular flexibility index (Phi) is 7.46. The summed E-state index contributed by atoms with van der Waals surface area (Å²) in [6, 6.07) is 9.88. The van der Waals surface area contributed by atoms with Crippen molar-refractivity contribution in [1.82, 2.24) is 10.9 Å². The van der Waals surface area contributed by atoms with Crippen LogP contribution < -0.4 is 20.3 Å². The van der Waals surface area contributed by atoms with Gasteiger partial charge in [0.1, 0.15) is 11.5 Å². The van der Waals surface area contributed by atoms with Crippen molar-refractivity contribution in [3.63, 3.8) is 0 Å². The lowest BCUT2D eigenvalue weighted by Gasteiger charge is -2.12. The van der Waals surface area contributed by atoms with E-state index in [4.69, 9.17) is 9.47 Å². The third-order valence-electron chi connectivity index (χ3n) is 3.80. The summed E-state index contributed by atoms with van der Waals surface area (Å²) in [6.45, 7) is 3.38. The summed E-state index contributed by atoms with van der Waals surface area (Å²) in [5.41, 5.74) is 5.40. The lowest BCUT2D eigenvalue weighted by Crippen LogP contribution is -2.44. The van der Waals surface area contributed by atoms with Gasteiger partial charge in [0.25, 0.3) is 5.91 Å². The topological polar surface area (TPSA) is 76.7 Å². The van der Waals surface area contributed by atoms with Gasteiger partial charge >= 0.3 is 6.18 Å². The van der Waals surface area contributed by atoms with Crippen LogP contribution in [0.3, 0.4) is 0 Å². The van der Waals surface area contributed by atoms with Crippen LogP contribution in [0.5, 0.6) is 11.5 Å². The Morgan fingerprint density at radius 1 is 0.966 bits per heavy atom. The molecule has 0 saturated heterocycles. The number of alkyl halides is 3. The second-order valence-corrected chi connectivity index (χ2v) is 6.28. The molecule has 0 atom stereocenters. The number of carbonyl (C=O) groups is 2. The molecule has 0 aliphatic rings. The van der Waals surface area contributed by atoms with Gasteiger partial charge in [-0.25, -0.2) is 0 Å². The second-order valence-electron chi connectivity index (χ2n) is 6.28. The maximum Gasteiger partial charge on any atom is 0.416 e. The maximum absolute atomic E-state index is 12.6. The minimum atomic E-state index is -4.51. The van der Waals surface area contributed by atoms with Crippen molar-refractivity contribution in [2.24, 2.45) is 0 Å². The summed E-state index contributed by atoms with van der Waals surface area (Å²) in [5.74, 6) is -0.631. The molecule has 6 nitrogen and oxygen atoms in total. The first kappa shape index (κ1) is 22.1. The van der Waals surface area contributed by atoms with Crippen molar-refractivity contribution >= 4 is 11.8 Å². The van der Waals surface area contributed by atoms with Crippen LogP contribution in [0.15, 0.2) is 42.5 Å². The third kappa shape index (κ3) is 7.36. The molecule has 0 saturated carbocycles. The van der Waals surface area contributed by atoms with Gasteiger partial charge in [-0.15, -0.1) is 0 Å². The van der Waals surface area contributed by atoms with Gasteiger partial charge in [0.2, 0.25) is 5.91 Å². The van der Waals surface area contributed by atoms with E-state index < -0.39 is 30.2 Å². The number of rotatable bonds is 7. The Balaban J connectivity index is 1.69. The average Bonchev–Trinajstić information content (AvgIpc) is 2.67. The number of amides is 2. The quantitative estimate of drug-likeness (QED) is 0.687. The molecular formula is C20H21F3N2O4. The highest BCUT2D eigenvalue weighted by Gasteiger charge is 2.30. The van der Waals surface area contributed by atoms with E-state index in [2.05, 4.69) is 10.9 Å². The van der Waals surface area contributed by atoms with Crippen LogP contribution in [0, 0.1) is 13.8 Å². The molecule has 0 aromatic heterocycles. The van der Waals surface area contributed by atoms with Gasteiger partial charge in [0.15, 0.2) is 6.61 Å². The summed E-state index contributed by atoms with van der Waals surface area (Å²) < 4.78 is 48.5. The number of aryl methyl sites for hydroxylation is 2. The van der Waals surface area contributed by atoms with E-state index in [9.17, 15) is 22.8 Å². The fourth-order valence-corrected chi connectivity index (χ4v) is 2.27. The number of ether oxygens (including phenoxy) is 2. The van der Waals surface area contributed by atoms with E-state index in [-0.39, 0.29) is 18.8 Å². The summed E-state index contributed by atoms with van der Waals surface area (Å²) in [7, 11) is 0. The number of hydrogen-bond donors (Lipinski definition) is 2. The van der Waals surface area contributed by atoms with Crippen molar-refractivity contribution < 1.29 is 32.2 Å². The van der Waals surface area contributed by atoms with E-state index in [1.54, 1.807) is 0 Å². The number of halogens is 3. The van der Waals surface area contributed by atoms with Crippen LogP contribution >= 0.6 is 0 Å². The van der Waals surface area contributed by atoms with Crippen molar-refractivity contribution in [2.75, 3.05) is 13.2 Å². The third-order valence-corrected chi connectivity index (χ3v) is 3.80. The number of hydrogen-bond acceptors (Lipinski definition) is 4. The minimum Gasteiger partial charge on any atom is -0.493 e. The number of hydrazine groups is 1. The lowest BCUT2D eigenvalue weighted by molar-refractivity contribution is -0.137. The predicted octanol–water partition coefficient (Wildman–Crippen LogP) is 3.32. The second kappa shape index (κ2) is 9.81. The Morgan fingerprint density at radius 2 is 1.69 bits per heavy atom. The molecule has 2 N–H and O–H groups in total. The Labute approximate surface area is 166 Å². The van der Waals surface area contributed by atoms with Crippen LogP contribution in [0.1, 0.15) is 23.1 Å². The van der Waals surface area contributed by atoms with E-state index >= 15 is 0 Å². The van der Waals surface area contributed by atoms with Crippen LogP contribution in [0.25, 0.3) is 0 Å². The maximum atomic E-state index is 12.6. The first-order valence-electron chi connectivity index (χ1n) is 8.73. The standard InChI is InChI=1S/C20H21F3N2O4/c1-13-6-7-14(2)17(10-13)28-9-8-18(26)24-25-19(27)12-29-16-5-3-4-15(11-16)20(21,22)23/h3-7,10-11H,8-9,12H2,1-2H3,(H,24,26)(H,25,27). The lowest BCUT2D eigenvalue weighted by atomic mass is 10.1. The molecule has 0 aliphatic heterocycles. The van der Waals surface area contributed by atoms with E-state index in [1.165, 1.54) is 12.1 Å². The van der Waals surface area contributed by atoms with Crippen molar-refractivity contribution in [2.45, 2.75) is 26.4 Å². The van der Waals surface area contributed by atoms with Gasteiger partial charge in [-0.05, 0) is 49.2 Å². The molecule has 2 amide bonds. The molecule has 0 unspecified atom stereocenters. The van der Waals surface area contributed by atoms with Crippen LogP contribution in [-0.4, -0.2) is 25.0 Å². The normalized spacial score (nSPS) is 10.9. The van der Waals surface area contributed by atoms with Crippen LogP contribution in [0.4, 0.5) is 13.2 Å². The minimum absolute atomic E-state index is 0.00213. The first-order chi connectivity index (χ1) is 13.6. The number of carbonyl (C=O) groups excluding carboxylic acids is 2. The molecular weight excluding hydrogens is 389 g/mol. The van der Waals surface area contributed by atoms with Crippen molar-refractivity contribution in [3.8, 4) is 11.5 Å². The van der Waals surface area contributed by atoms with E-state index in [0.717, 1.165) is 23.3 Å². The van der Waals surface area contributed by atoms with Crippen molar-refractivity contribution in [1.29, 1.82) is 0 Å². The van der Waals surface area contributed by atoms with Gasteiger partial charge < -0.3 is 9.47 Å². The van der Waals surface area contributed by atoms with Crippen LogP contribution in [0.2, 0.25) is 0 Å². The highest BCUT2D eigenvalue weighted by Crippen LogP contribution is 2.31. The zero-order valence-corrected chi connectivity index (χ0v) is 15.9. The SMILES string of the molecule is Cc1ccc(C)c(OCCC(=O)NNC(=O)COc2cccc(C(F)(F)F)c2)c1. The molecule has 156 valence electrons. The average molecular weight is 410 g/mol. The molecule has 2 aromatic rings. The molecule has 29 heavy (non-hydrogen) atoms. The fourth-order valence-electron chi connectivity index (χ4n) is 2.27. The van der Waals surface area contributed by atoms with E-state index in [0.29, 0.717) is 5.75 Å². The Morgan fingerprint density at radius 3 is 2.41 bits per heavy atom. The summed E-state index contributed by atoms with van der Waals surface area (Å²) in [6.07, 6.45) is -4.50. The zero-order chi connectivity index (χ0) is 21.4. The summed E-state index contributed by atoms with van der Waals surface area (Å²) in [5, 5.41) is 0. The fraction of sp³-hybridized carbons (Fsp3) is 0.300. The Hall–Kier alpha value is -3.23. The molecule has 2 rings (SSSR count). The summed E-state index contributed by atoms with van der Waals surface area (Å²) >= 11 is 0. The van der Waals surface area contributed by atoms with Gasteiger partial charge in [-0.1, -0.05) is 18.2 Å².